The van der Waals surface area contributed by atoms with E-state index in [0.717, 1.165) is 19.3 Å². The van der Waals surface area contributed by atoms with Crippen LogP contribution < -0.4 is 20.1 Å². The van der Waals surface area contributed by atoms with Crippen molar-refractivity contribution in [2.24, 2.45) is 0 Å². The van der Waals surface area contributed by atoms with Crippen LogP contribution in [0.15, 0.2) is 30.6 Å². The fourth-order valence-electron chi connectivity index (χ4n) is 2.22. The van der Waals surface area contributed by atoms with Crippen molar-refractivity contribution in [1.82, 2.24) is 15.3 Å². The number of nitrogens with zero attached hydrogens (tertiary/aromatic N) is 2. The number of ether oxygens (including phenoxy) is 2. The second-order valence-corrected chi connectivity index (χ2v) is 5.45. The van der Waals surface area contributed by atoms with Crippen molar-refractivity contribution in [3.63, 3.8) is 0 Å². The van der Waals surface area contributed by atoms with Crippen LogP contribution in [0.2, 0.25) is 0 Å². The van der Waals surface area contributed by atoms with Gasteiger partial charge in [0.2, 0.25) is 5.95 Å². The second kappa shape index (κ2) is 9.46. The number of aromatic nitrogens is 2. The van der Waals surface area contributed by atoms with E-state index in [9.17, 15) is 4.79 Å². The molecule has 0 unspecified atom stereocenters. The highest BCUT2D eigenvalue weighted by Gasteiger charge is 2.09. The Morgan fingerprint density at radius 2 is 1.88 bits per heavy atom. The monoisotopic (exact) mass is 344 g/mol. The van der Waals surface area contributed by atoms with Crippen LogP contribution >= 0.6 is 0 Å². The van der Waals surface area contributed by atoms with E-state index in [1.807, 2.05) is 0 Å². The lowest BCUT2D eigenvalue weighted by atomic mass is 10.2. The Labute approximate surface area is 147 Å². The fourth-order valence-corrected chi connectivity index (χ4v) is 2.22. The molecule has 7 nitrogen and oxygen atoms in total. The van der Waals surface area contributed by atoms with Crippen molar-refractivity contribution in [3.05, 3.63) is 36.2 Å². The molecule has 25 heavy (non-hydrogen) atoms. The molecule has 1 heterocycles. The van der Waals surface area contributed by atoms with Crippen molar-refractivity contribution >= 4 is 17.5 Å². The molecule has 7 heteroatoms. The first-order valence-electron chi connectivity index (χ1n) is 8.27. The topological polar surface area (TPSA) is 85.4 Å². The summed E-state index contributed by atoms with van der Waals surface area (Å²) in [6.07, 6.45) is 6.18. The van der Waals surface area contributed by atoms with E-state index in [2.05, 4.69) is 27.5 Å². The van der Waals surface area contributed by atoms with Crippen molar-refractivity contribution in [2.45, 2.75) is 26.2 Å². The molecule has 2 N–H and O–H groups in total. The Morgan fingerprint density at radius 1 is 1.12 bits per heavy atom. The van der Waals surface area contributed by atoms with Crippen LogP contribution in [-0.2, 0) is 0 Å². The van der Waals surface area contributed by atoms with E-state index < -0.39 is 0 Å². The molecule has 0 radical (unpaired) electrons. The minimum atomic E-state index is -0.165. The van der Waals surface area contributed by atoms with Gasteiger partial charge in [0.15, 0.2) is 0 Å². The van der Waals surface area contributed by atoms with Gasteiger partial charge < -0.3 is 20.1 Å². The number of hydrogen-bond donors (Lipinski definition) is 2. The van der Waals surface area contributed by atoms with Crippen molar-refractivity contribution in [2.75, 3.05) is 26.1 Å². The number of nitrogens with one attached hydrogen (secondary N) is 2. The van der Waals surface area contributed by atoms with Gasteiger partial charge in [-0.05, 0) is 18.6 Å². The van der Waals surface area contributed by atoms with E-state index in [1.165, 1.54) is 12.4 Å². The number of carbonyl (C=O) groups excluding carboxylic acids is 1. The highest BCUT2D eigenvalue weighted by Crippen LogP contribution is 2.30. The summed E-state index contributed by atoms with van der Waals surface area (Å²) in [4.78, 5) is 20.4. The zero-order valence-electron chi connectivity index (χ0n) is 14.8. The smallest absolute Gasteiger partial charge is 0.254 e. The van der Waals surface area contributed by atoms with Crippen LogP contribution in [0, 0.1) is 0 Å². The Bertz CT molecular complexity index is 689. The number of unbranched alkanes of at least 4 members (excludes halogenated alkanes) is 2. The first kappa shape index (κ1) is 18.5. The highest BCUT2D eigenvalue weighted by atomic mass is 16.5. The lowest BCUT2D eigenvalue weighted by Gasteiger charge is -2.11. The van der Waals surface area contributed by atoms with E-state index >= 15 is 0 Å². The van der Waals surface area contributed by atoms with Gasteiger partial charge in [-0.3, -0.25) is 4.79 Å². The van der Waals surface area contributed by atoms with Crippen molar-refractivity contribution in [1.29, 1.82) is 0 Å². The summed E-state index contributed by atoms with van der Waals surface area (Å²) in [5.74, 6) is 1.53. The van der Waals surface area contributed by atoms with Crippen LogP contribution in [-0.4, -0.2) is 36.6 Å². The fraction of sp³-hybridized carbons (Fsp3) is 0.389. The van der Waals surface area contributed by atoms with Crippen molar-refractivity contribution < 1.29 is 14.3 Å². The Morgan fingerprint density at radius 3 is 2.52 bits per heavy atom. The molecule has 0 aliphatic carbocycles. The number of hydrogen-bond acceptors (Lipinski definition) is 6. The van der Waals surface area contributed by atoms with Gasteiger partial charge >= 0.3 is 0 Å². The summed E-state index contributed by atoms with van der Waals surface area (Å²) in [5.41, 5.74) is 1.11. The van der Waals surface area contributed by atoms with Crippen LogP contribution in [0.5, 0.6) is 11.5 Å². The number of carbonyl (C=O) groups is 1. The SMILES string of the molecule is CCCCCNC(=O)c1cnc(Nc2cc(OC)ccc2OC)nc1. The molecule has 2 rings (SSSR count). The minimum absolute atomic E-state index is 0.165. The molecule has 1 amide bonds. The number of amides is 1. The van der Waals surface area contributed by atoms with Crippen LogP contribution in [0.25, 0.3) is 0 Å². The van der Waals surface area contributed by atoms with Crippen LogP contribution in [0.3, 0.4) is 0 Å². The van der Waals surface area contributed by atoms with Crippen molar-refractivity contribution in [3.8, 4) is 11.5 Å². The van der Waals surface area contributed by atoms with E-state index in [1.54, 1.807) is 32.4 Å². The molecule has 0 saturated heterocycles. The number of anilines is 2. The van der Waals surface area contributed by atoms with Gasteiger partial charge in [-0.15, -0.1) is 0 Å². The normalized spacial score (nSPS) is 10.2. The van der Waals surface area contributed by atoms with Gasteiger partial charge in [-0.25, -0.2) is 9.97 Å². The molecule has 0 fully saturated rings. The molecule has 0 aliphatic rings. The largest absolute Gasteiger partial charge is 0.497 e. The Balaban J connectivity index is 2.02. The van der Waals surface area contributed by atoms with Gasteiger partial charge in [0.1, 0.15) is 11.5 Å². The molecule has 0 atom stereocenters. The maximum absolute atomic E-state index is 12.0. The first-order chi connectivity index (χ1) is 12.2. The van der Waals surface area contributed by atoms with Gasteiger partial charge in [0.05, 0.1) is 25.5 Å². The zero-order chi connectivity index (χ0) is 18.1. The number of rotatable bonds is 9. The summed E-state index contributed by atoms with van der Waals surface area (Å²) in [6, 6.07) is 5.38. The van der Waals surface area contributed by atoms with Gasteiger partial charge in [0.25, 0.3) is 5.91 Å². The van der Waals surface area contributed by atoms with Crippen LogP contribution in [0.4, 0.5) is 11.6 Å². The lowest BCUT2D eigenvalue weighted by molar-refractivity contribution is 0.0952. The molecule has 0 saturated carbocycles. The van der Waals surface area contributed by atoms with E-state index in [0.29, 0.717) is 35.2 Å². The van der Waals surface area contributed by atoms with Crippen LogP contribution in [0.1, 0.15) is 36.5 Å². The Hall–Kier alpha value is -2.83. The molecule has 0 bridgehead atoms. The molecule has 1 aromatic heterocycles. The zero-order valence-corrected chi connectivity index (χ0v) is 14.8. The standard InChI is InChI=1S/C18H24N4O3/c1-4-5-6-9-19-17(23)13-11-20-18(21-12-13)22-15-10-14(24-2)7-8-16(15)25-3/h7-8,10-12H,4-6,9H2,1-3H3,(H,19,23)(H,20,21,22). The number of methoxy groups -OCH3 is 2. The average Bonchev–Trinajstić information content (AvgIpc) is 2.65. The average molecular weight is 344 g/mol. The second-order valence-electron chi connectivity index (χ2n) is 5.45. The molecular formula is C18H24N4O3. The molecule has 0 spiro atoms. The Kier molecular flexibility index (Phi) is 7.00. The molecule has 134 valence electrons. The summed E-state index contributed by atoms with van der Waals surface area (Å²) in [5, 5.41) is 5.93. The summed E-state index contributed by atoms with van der Waals surface area (Å²) in [7, 11) is 3.18. The minimum Gasteiger partial charge on any atom is -0.497 e. The van der Waals surface area contributed by atoms with E-state index in [-0.39, 0.29) is 5.91 Å². The van der Waals surface area contributed by atoms with E-state index in [4.69, 9.17) is 9.47 Å². The predicted molar refractivity (Wildman–Crippen MR) is 96.7 cm³/mol. The van der Waals surface area contributed by atoms with Gasteiger partial charge in [-0.2, -0.15) is 0 Å². The number of benzene rings is 1. The molecule has 0 aliphatic heterocycles. The highest BCUT2D eigenvalue weighted by molar-refractivity contribution is 5.93. The van der Waals surface area contributed by atoms with Gasteiger partial charge in [0, 0.05) is 25.0 Å². The maximum atomic E-state index is 12.0. The molecule has 2 aromatic rings. The third-order valence-electron chi connectivity index (χ3n) is 3.63. The lowest BCUT2D eigenvalue weighted by Crippen LogP contribution is -2.24. The van der Waals surface area contributed by atoms with Gasteiger partial charge in [-0.1, -0.05) is 19.8 Å². The first-order valence-corrected chi connectivity index (χ1v) is 8.27. The summed E-state index contributed by atoms with van der Waals surface area (Å²) < 4.78 is 10.5. The third-order valence-corrected chi connectivity index (χ3v) is 3.63. The molecular weight excluding hydrogens is 320 g/mol. The summed E-state index contributed by atoms with van der Waals surface area (Å²) >= 11 is 0. The third kappa shape index (κ3) is 5.34. The summed E-state index contributed by atoms with van der Waals surface area (Å²) in [6.45, 7) is 2.78. The molecule has 1 aromatic carbocycles. The quantitative estimate of drug-likeness (QED) is 0.680. The predicted octanol–water partition coefficient (Wildman–Crippen LogP) is 3.16. The maximum Gasteiger partial charge on any atom is 0.254 e.